The summed E-state index contributed by atoms with van der Waals surface area (Å²) in [5, 5.41) is 2.69. The predicted octanol–water partition coefficient (Wildman–Crippen LogP) is 0.641. The zero-order valence-electron chi connectivity index (χ0n) is 10.7. The monoisotopic (exact) mass is 262 g/mol. The number of primary amides is 1. The van der Waals surface area contributed by atoms with Crippen molar-refractivity contribution in [2.45, 2.75) is 38.1 Å². The summed E-state index contributed by atoms with van der Waals surface area (Å²) >= 11 is 0. The van der Waals surface area contributed by atoms with Crippen LogP contribution in [0.25, 0.3) is 0 Å². The topological polar surface area (TPSA) is 98.0 Å². The molecule has 2 rings (SSSR count). The summed E-state index contributed by atoms with van der Waals surface area (Å²) in [6, 6.07) is -0.616. The summed E-state index contributed by atoms with van der Waals surface area (Å²) in [6.07, 6.45) is 9.49. The molecule has 1 aliphatic carbocycles. The predicted molar refractivity (Wildman–Crippen MR) is 69.1 cm³/mol. The highest BCUT2D eigenvalue weighted by atomic mass is 16.2. The van der Waals surface area contributed by atoms with E-state index in [1.54, 1.807) is 0 Å². The molecule has 19 heavy (non-hydrogen) atoms. The van der Waals surface area contributed by atoms with Crippen molar-refractivity contribution in [3.63, 3.8) is 0 Å². The second-order valence-electron chi connectivity index (χ2n) is 4.84. The van der Waals surface area contributed by atoms with Gasteiger partial charge in [0.25, 0.3) is 5.91 Å². The Morgan fingerprint density at radius 2 is 2.00 bits per heavy atom. The number of nitrogens with two attached hydrogens (primary N) is 1. The zero-order valence-corrected chi connectivity index (χ0v) is 10.7. The average molecular weight is 262 g/mol. The third kappa shape index (κ3) is 3.49. The van der Waals surface area contributed by atoms with Crippen LogP contribution in [-0.2, 0) is 4.79 Å². The van der Waals surface area contributed by atoms with E-state index in [0.717, 1.165) is 25.7 Å². The zero-order chi connectivity index (χ0) is 13.7. The van der Waals surface area contributed by atoms with Crippen molar-refractivity contribution in [1.82, 2.24) is 15.3 Å². The minimum absolute atomic E-state index is 0.131. The lowest BCUT2D eigenvalue weighted by Gasteiger charge is -2.28. The molecule has 0 bridgehead atoms. The van der Waals surface area contributed by atoms with Crippen molar-refractivity contribution in [2.24, 2.45) is 11.7 Å². The van der Waals surface area contributed by atoms with Crippen LogP contribution in [-0.4, -0.2) is 27.8 Å². The molecule has 2 amide bonds. The third-order valence-electron chi connectivity index (χ3n) is 3.51. The van der Waals surface area contributed by atoms with E-state index in [4.69, 9.17) is 5.73 Å². The highest BCUT2D eigenvalue weighted by Gasteiger charge is 2.29. The standard InChI is InChI=1S/C13H18N4O2/c14-12(18)11(9-4-2-1-3-5-9)17-13(19)10-8-15-6-7-16-10/h6-9,11H,1-5H2,(H2,14,18)(H,17,19). The number of hydrogen-bond donors (Lipinski definition) is 2. The number of nitrogens with zero attached hydrogens (tertiary/aromatic N) is 2. The second-order valence-corrected chi connectivity index (χ2v) is 4.84. The number of carbonyl (C=O) groups is 2. The van der Waals surface area contributed by atoms with E-state index >= 15 is 0 Å². The van der Waals surface area contributed by atoms with Crippen LogP contribution < -0.4 is 11.1 Å². The molecular formula is C13H18N4O2. The van der Waals surface area contributed by atoms with Gasteiger partial charge < -0.3 is 11.1 Å². The third-order valence-corrected chi connectivity index (χ3v) is 3.51. The Hall–Kier alpha value is -1.98. The molecule has 1 fully saturated rings. The Balaban J connectivity index is 2.04. The van der Waals surface area contributed by atoms with Crippen LogP contribution in [0.1, 0.15) is 42.6 Å². The summed E-state index contributed by atoms with van der Waals surface area (Å²) < 4.78 is 0. The maximum absolute atomic E-state index is 12.0. The van der Waals surface area contributed by atoms with E-state index in [9.17, 15) is 9.59 Å². The van der Waals surface area contributed by atoms with Crippen LogP contribution in [0.4, 0.5) is 0 Å². The van der Waals surface area contributed by atoms with Crippen LogP contribution in [0.3, 0.4) is 0 Å². The number of carbonyl (C=O) groups excluding carboxylic acids is 2. The highest BCUT2D eigenvalue weighted by Crippen LogP contribution is 2.26. The Morgan fingerprint density at radius 1 is 1.26 bits per heavy atom. The Kier molecular flexibility index (Phi) is 4.43. The number of hydrogen-bond acceptors (Lipinski definition) is 4. The van der Waals surface area contributed by atoms with E-state index in [1.807, 2.05) is 0 Å². The Bertz CT molecular complexity index is 443. The summed E-state index contributed by atoms with van der Waals surface area (Å²) in [5.74, 6) is -0.751. The van der Waals surface area contributed by atoms with E-state index < -0.39 is 17.9 Å². The van der Waals surface area contributed by atoms with E-state index in [0.29, 0.717) is 0 Å². The molecule has 1 heterocycles. The first-order valence-electron chi connectivity index (χ1n) is 6.54. The fourth-order valence-corrected chi connectivity index (χ4v) is 2.52. The minimum Gasteiger partial charge on any atom is -0.368 e. The Morgan fingerprint density at radius 3 is 2.58 bits per heavy atom. The summed E-state index contributed by atoms with van der Waals surface area (Å²) in [4.78, 5) is 31.3. The molecule has 6 heteroatoms. The van der Waals surface area contributed by atoms with Gasteiger partial charge in [0.1, 0.15) is 11.7 Å². The molecule has 1 saturated carbocycles. The van der Waals surface area contributed by atoms with Gasteiger partial charge in [-0.2, -0.15) is 0 Å². The number of rotatable bonds is 4. The van der Waals surface area contributed by atoms with Crippen molar-refractivity contribution in [1.29, 1.82) is 0 Å². The molecule has 0 saturated heterocycles. The van der Waals surface area contributed by atoms with Gasteiger partial charge in [-0.15, -0.1) is 0 Å². The first-order valence-corrected chi connectivity index (χ1v) is 6.54. The fraction of sp³-hybridized carbons (Fsp3) is 0.538. The average Bonchev–Trinajstić information content (AvgIpc) is 2.46. The van der Waals surface area contributed by atoms with E-state index in [2.05, 4.69) is 15.3 Å². The van der Waals surface area contributed by atoms with Gasteiger partial charge in [0.15, 0.2) is 0 Å². The van der Waals surface area contributed by atoms with Crippen molar-refractivity contribution in [3.8, 4) is 0 Å². The van der Waals surface area contributed by atoms with Crippen LogP contribution >= 0.6 is 0 Å². The highest BCUT2D eigenvalue weighted by molar-refractivity contribution is 5.95. The normalized spacial score (nSPS) is 17.7. The van der Waals surface area contributed by atoms with Crippen molar-refractivity contribution in [3.05, 3.63) is 24.3 Å². The largest absolute Gasteiger partial charge is 0.368 e. The first kappa shape index (κ1) is 13.5. The molecule has 1 unspecified atom stereocenters. The molecule has 1 aromatic rings. The van der Waals surface area contributed by atoms with Gasteiger partial charge >= 0.3 is 0 Å². The van der Waals surface area contributed by atoms with Gasteiger partial charge in [-0.1, -0.05) is 19.3 Å². The molecule has 0 aliphatic heterocycles. The summed E-state index contributed by atoms with van der Waals surface area (Å²) in [7, 11) is 0. The molecule has 3 N–H and O–H groups in total. The lowest BCUT2D eigenvalue weighted by molar-refractivity contribution is -0.121. The van der Waals surface area contributed by atoms with Crippen molar-refractivity contribution >= 4 is 11.8 Å². The smallest absolute Gasteiger partial charge is 0.272 e. The van der Waals surface area contributed by atoms with Crippen LogP contribution in [0.5, 0.6) is 0 Å². The maximum atomic E-state index is 12.0. The molecule has 0 radical (unpaired) electrons. The lowest BCUT2D eigenvalue weighted by atomic mass is 9.83. The molecule has 1 atom stereocenters. The quantitative estimate of drug-likeness (QED) is 0.832. The SMILES string of the molecule is NC(=O)C(NC(=O)c1cnccn1)C1CCCCC1. The molecular weight excluding hydrogens is 244 g/mol. The first-order chi connectivity index (χ1) is 9.18. The number of amides is 2. The summed E-state index contributed by atoms with van der Waals surface area (Å²) in [5.41, 5.74) is 5.60. The molecule has 0 spiro atoms. The second kappa shape index (κ2) is 6.26. The summed E-state index contributed by atoms with van der Waals surface area (Å²) in [6.45, 7) is 0. The van der Waals surface area contributed by atoms with Gasteiger partial charge in [0.05, 0.1) is 6.20 Å². The van der Waals surface area contributed by atoms with E-state index in [1.165, 1.54) is 25.0 Å². The number of aromatic nitrogens is 2. The van der Waals surface area contributed by atoms with Crippen molar-refractivity contribution < 1.29 is 9.59 Å². The maximum Gasteiger partial charge on any atom is 0.272 e. The fourth-order valence-electron chi connectivity index (χ4n) is 2.52. The Labute approximate surface area is 111 Å². The molecule has 1 aliphatic rings. The van der Waals surface area contributed by atoms with Crippen LogP contribution in [0.2, 0.25) is 0 Å². The lowest BCUT2D eigenvalue weighted by Crippen LogP contribution is -2.49. The van der Waals surface area contributed by atoms with Crippen molar-refractivity contribution in [2.75, 3.05) is 0 Å². The van der Waals surface area contributed by atoms with Gasteiger partial charge in [-0.25, -0.2) is 4.98 Å². The van der Waals surface area contributed by atoms with Gasteiger partial charge in [0, 0.05) is 12.4 Å². The number of nitrogens with one attached hydrogen (secondary N) is 1. The van der Waals surface area contributed by atoms with Crippen LogP contribution in [0, 0.1) is 5.92 Å². The molecule has 1 aromatic heterocycles. The van der Waals surface area contributed by atoms with E-state index in [-0.39, 0.29) is 11.6 Å². The molecule has 0 aromatic carbocycles. The van der Waals surface area contributed by atoms with Gasteiger partial charge in [-0.3, -0.25) is 14.6 Å². The molecule has 6 nitrogen and oxygen atoms in total. The van der Waals surface area contributed by atoms with Gasteiger partial charge in [-0.05, 0) is 18.8 Å². The molecule has 102 valence electrons. The minimum atomic E-state index is -0.616. The van der Waals surface area contributed by atoms with Gasteiger partial charge in [0.2, 0.25) is 5.91 Å². The van der Waals surface area contributed by atoms with Crippen LogP contribution in [0.15, 0.2) is 18.6 Å².